The van der Waals surface area contributed by atoms with E-state index in [-0.39, 0.29) is 0 Å². The summed E-state index contributed by atoms with van der Waals surface area (Å²) < 4.78 is 6.77. The lowest BCUT2D eigenvalue weighted by atomic mass is 10.2. The molecule has 1 aromatic carbocycles. The summed E-state index contributed by atoms with van der Waals surface area (Å²) in [5.41, 5.74) is 1.77. The van der Waals surface area contributed by atoms with Crippen molar-refractivity contribution in [3.05, 3.63) is 52.2 Å². The number of halogens is 2. The second-order valence-electron chi connectivity index (χ2n) is 3.63. The van der Waals surface area contributed by atoms with E-state index in [1.165, 1.54) is 0 Å². The molecule has 0 fully saturated rings. The van der Waals surface area contributed by atoms with Crippen LogP contribution in [0, 0.1) is 0 Å². The molecule has 84 valence electrons. The first-order valence-corrected chi connectivity index (χ1v) is 6.21. The minimum atomic E-state index is 0.467. The molecule has 0 aliphatic heterocycles. The summed E-state index contributed by atoms with van der Waals surface area (Å²) in [5.74, 6) is 0.794. The van der Waals surface area contributed by atoms with Gasteiger partial charge in [-0.05, 0) is 24.3 Å². The van der Waals surface area contributed by atoms with Crippen molar-refractivity contribution in [2.24, 2.45) is 0 Å². The summed E-state index contributed by atoms with van der Waals surface area (Å²) in [5, 5.41) is 1.31. The molecule has 0 spiro atoms. The second-order valence-corrected chi connectivity index (χ2v) is 4.90. The van der Waals surface area contributed by atoms with Crippen molar-refractivity contribution < 1.29 is 4.42 Å². The molecule has 2 aromatic heterocycles. The first kappa shape index (κ1) is 10.8. The standard InChI is InChI=1S/C13H7BrClNO/c14-9-3-1-8(2-4-9)12-7-10-11(17-12)5-6-16-13(10)15/h1-7H. The monoisotopic (exact) mass is 307 g/mol. The van der Waals surface area contributed by atoms with E-state index in [0.717, 1.165) is 26.8 Å². The van der Waals surface area contributed by atoms with Gasteiger partial charge in [-0.25, -0.2) is 4.98 Å². The van der Waals surface area contributed by atoms with Crippen LogP contribution in [0.1, 0.15) is 0 Å². The first-order valence-electron chi connectivity index (χ1n) is 5.04. The minimum Gasteiger partial charge on any atom is -0.456 e. The van der Waals surface area contributed by atoms with E-state index >= 15 is 0 Å². The van der Waals surface area contributed by atoms with Crippen molar-refractivity contribution >= 4 is 38.5 Å². The molecule has 0 bridgehead atoms. The molecular formula is C13H7BrClNO. The SMILES string of the molecule is Clc1nccc2oc(-c3ccc(Br)cc3)cc12. The number of aromatic nitrogens is 1. The summed E-state index contributed by atoms with van der Waals surface area (Å²) in [6.45, 7) is 0. The number of hydrogen-bond acceptors (Lipinski definition) is 2. The Morgan fingerprint density at radius 3 is 2.59 bits per heavy atom. The van der Waals surface area contributed by atoms with E-state index in [1.807, 2.05) is 36.4 Å². The van der Waals surface area contributed by atoms with Crippen molar-refractivity contribution in [2.45, 2.75) is 0 Å². The number of pyridine rings is 1. The number of nitrogens with zero attached hydrogens (tertiary/aromatic N) is 1. The van der Waals surface area contributed by atoms with Crippen LogP contribution >= 0.6 is 27.5 Å². The van der Waals surface area contributed by atoms with E-state index in [4.69, 9.17) is 16.0 Å². The number of rotatable bonds is 1. The van der Waals surface area contributed by atoms with E-state index in [2.05, 4.69) is 20.9 Å². The Bertz CT molecular complexity index is 675. The maximum absolute atomic E-state index is 6.00. The Balaban J connectivity index is 2.18. The largest absolute Gasteiger partial charge is 0.456 e. The summed E-state index contributed by atoms with van der Waals surface area (Å²) in [6, 6.07) is 11.6. The van der Waals surface area contributed by atoms with E-state index in [1.54, 1.807) is 6.20 Å². The van der Waals surface area contributed by atoms with Gasteiger partial charge in [-0.3, -0.25) is 0 Å². The fraction of sp³-hybridized carbons (Fsp3) is 0. The molecule has 0 atom stereocenters. The molecule has 0 saturated heterocycles. The lowest BCUT2D eigenvalue weighted by molar-refractivity contribution is 0.631. The summed E-state index contributed by atoms with van der Waals surface area (Å²) >= 11 is 9.41. The number of fused-ring (bicyclic) bond motifs is 1. The highest BCUT2D eigenvalue weighted by Crippen LogP contribution is 2.31. The van der Waals surface area contributed by atoms with Gasteiger partial charge >= 0.3 is 0 Å². The van der Waals surface area contributed by atoms with Crippen LogP contribution in [-0.2, 0) is 0 Å². The maximum atomic E-state index is 6.00. The van der Waals surface area contributed by atoms with Crippen molar-refractivity contribution in [3.63, 3.8) is 0 Å². The average molecular weight is 309 g/mol. The van der Waals surface area contributed by atoms with Gasteiger partial charge in [0.1, 0.15) is 16.5 Å². The van der Waals surface area contributed by atoms with Gasteiger partial charge < -0.3 is 4.42 Å². The third kappa shape index (κ3) is 1.96. The molecule has 0 saturated carbocycles. The molecule has 0 aliphatic rings. The fourth-order valence-electron chi connectivity index (χ4n) is 1.69. The zero-order valence-corrected chi connectivity index (χ0v) is 11.0. The Kier molecular flexibility index (Phi) is 2.65. The highest BCUT2D eigenvalue weighted by molar-refractivity contribution is 9.10. The smallest absolute Gasteiger partial charge is 0.140 e. The first-order chi connectivity index (χ1) is 8.24. The molecule has 0 aliphatic carbocycles. The Hall–Kier alpha value is -1.32. The van der Waals surface area contributed by atoms with Crippen LogP contribution in [0.2, 0.25) is 5.15 Å². The maximum Gasteiger partial charge on any atom is 0.140 e. The van der Waals surface area contributed by atoms with E-state index in [9.17, 15) is 0 Å². The van der Waals surface area contributed by atoms with Gasteiger partial charge in [0.05, 0.1) is 5.39 Å². The van der Waals surface area contributed by atoms with Gasteiger partial charge in [0.2, 0.25) is 0 Å². The quantitative estimate of drug-likeness (QED) is 0.597. The highest BCUT2D eigenvalue weighted by atomic mass is 79.9. The van der Waals surface area contributed by atoms with Crippen molar-refractivity contribution in [1.29, 1.82) is 0 Å². The summed E-state index contributed by atoms with van der Waals surface area (Å²) in [7, 11) is 0. The van der Waals surface area contributed by atoms with Crippen LogP contribution < -0.4 is 0 Å². The molecule has 17 heavy (non-hydrogen) atoms. The highest BCUT2D eigenvalue weighted by Gasteiger charge is 2.08. The Labute approximate surface area is 111 Å². The molecule has 2 heterocycles. The van der Waals surface area contributed by atoms with Gasteiger partial charge in [-0.2, -0.15) is 0 Å². The Morgan fingerprint density at radius 1 is 1.12 bits per heavy atom. The molecule has 3 aromatic rings. The molecule has 0 N–H and O–H groups in total. The minimum absolute atomic E-state index is 0.467. The molecule has 0 unspecified atom stereocenters. The topological polar surface area (TPSA) is 26.0 Å². The molecule has 0 radical (unpaired) electrons. The zero-order chi connectivity index (χ0) is 11.8. The van der Waals surface area contributed by atoms with Crippen LogP contribution in [0.3, 0.4) is 0 Å². The predicted molar refractivity (Wildman–Crippen MR) is 72.2 cm³/mol. The number of furan rings is 1. The van der Waals surface area contributed by atoms with Crippen LogP contribution in [0.25, 0.3) is 22.3 Å². The van der Waals surface area contributed by atoms with Crippen LogP contribution in [-0.4, -0.2) is 4.98 Å². The van der Waals surface area contributed by atoms with Crippen LogP contribution in [0.5, 0.6) is 0 Å². The Morgan fingerprint density at radius 2 is 1.88 bits per heavy atom. The zero-order valence-electron chi connectivity index (χ0n) is 8.65. The van der Waals surface area contributed by atoms with Gasteiger partial charge in [-0.15, -0.1) is 0 Å². The molecule has 2 nitrogen and oxygen atoms in total. The lowest BCUT2D eigenvalue weighted by Crippen LogP contribution is -1.72. The third-order valence-electron chi connectivity index (χ3n) is 2.53. The van der Waals surface area contributed by atoms with Gasteiger partial charge in [0.25, 0.3) is 0 Å². The van der Waals surface area contributed by atoms with E-state index < -0.39 is 0 Å². The fourth-order valence-corrected chi connectivity index (χ4v) is 2.15. The lowest BCUT2D eigenvalue weighted by Gasteiger charge is -1.95. The van der Waals surface area contributed by atoms with Crippen molar-refractivity contribution in [2.75, 3.05) is 0 Å². The van der Waals surface area contributed by atoms with Gasteiger partial charge in [0, 0.05) is 16.2 Å². The normalized spacial score (nSPS) is 10.9. The molecule has 0 amide bonds. The second kappa shape index (κ2) is 4.17. The number of hydrogen-bond donors (Lipinski definition) is 0. The van der Waals surface area contributed by atoms with Gasteiger partial charge in [-0.1, -0.05) is 39.7 Å². The van der Waals surface area contributed by atoms with Crippen molar-refractivity contribution in [1.82, 2.24) is 4.98 Å². The molecular weight excluding hydrogens is 302 g/mol. The van der Waals surface area contributed by atoms with E-state index in [0.29, 0.717) is 5.15 Å². The third-order valence-corrected chi connectivity index (χ3v) is 3.36. The van der Waals surface area contributed by atoms with Crippen LogP contribution in [0.15, 0.2) is 51.5 Å². The predicted octanol–water partition coefficient (Wildman–Crippen LogP) is 4.91. The van der Waals surface area contributed by atoms with Crippen LogP contribution in [0.4, 0.5) is 0 Å². The summed E-state index contributed by atoms with van der Waals surface area (Å²) in [6.07, 6.45) is 1.64. The molecule has 3 rings (SSSR count). The summed E-state index contributed by atoms with van der Waals surface area (Å²) in [4.78, 5) is 4.03. The number of benzene rings is 1. The van der Waals surface area contributed by atoms with Gasteiger partial charge in [0.15, 0.2) is 0 Å². The average Bonchev–Trinajstić information content (AvgIpc) is 2.75. The van der Waals surface area contributed by atoms with Crippen molar-refractivity contribution in [3.8, 4) is 11.3 Å². The molecule has 4 heteroatoms.